The van der Waals surface area contributed by atoms with Gasteiger partial charge in [0.2, 0.25) is 0 Å². The fraction of sp³-hybridized carbons (Fsp3) is 0.600. The molecule has 0 spiro atoms. The van der Waals surface area contributed by atoms with Crippen molar-refractivity contribution >= 4 is 71.6 Å². The van der Waals surface area contributed by atoms with E-state index in [1.807, 2.05) is 0 Å². The summed E-state index contributed by atoms with van der Waals surface area (Å²) in [7, 11) is 0. The van der Waals surface area contributed by atoms with Gasteiger partial charge >= 0.3 is 68.3 Å². The summed E-state index contributed by atoms with van der Waals surface area (Å²) in [5.41, 5.74) is 0. The molecule has 0 aromatic heterocycles. The molecular weight excluding hydrogens is 1070 g/mol. The normalized spacial score (nSPS) is 9.88. The quantitative estimate of drug-likeness (QED) is 0.0596. The molecule has 0 fully saturated rings. The van der Waals surface area contributed by atoms with Crippen molar-refractivity contribution in [3.63, 3.8) is 0 Å². The summed E-state index contributed by atoms with van der Waals surface area (Å²) in [4.78, 5) is 130. The van der Waals surface area contributed by atoms with Crippen LogP contribution in [0.4, 0.5) is 0 Å². The van der Waals surface area contributed by atoms with Gasteiger partial charge in [-0.05, 0) is 0 Å². The van der Waals surface area contributed by atoms with Crippen LogP contribution in [0.25, 0.3) is 0 Å². The van der Waals surface area contributed by atoms with Gasteiger partial charge in [0, 0.05) is 118 Å². The average molecular weight is 1110 g/mol. The fourth-order valence-corrected chi connectivity index (χ4v) is 4.32. The molecule has 0 amide bonds. The molecule has 3 N–H and O–H groups in total. The molecule has 0 aromatic rings. The maximum Gasteiger partial charge on any atom is 3.00 e. The maximum absolute atomic E-state index is 10.4. The van der Waals surface area contributed by atoms with Crippen LogP contribution in [-0.2, 0) is 126 Å². The van der Waals surface area contributed by atoms with Gasteiger partial charge in [0.15, 0.2) is 0 Å². The fourth-order valence-electron chi connectivity index (χ4n) is 4.32. The minimum Gasteiger partial charge on any atom is -0.549 e. The number of hydrogen-bond acceptors (Lipinski definition) is 31. The number of aliphatic carboxylic acids is 12. The van der Waals surface area contributed by atoms with Crippen molar-refractivity contribution in [3.8, 4) is 0 Å². The molecule has 0 unspecified atom stereocenters. The van der Waals surface area contributed by atoms with Crippen LogP contribution in [0.15, 0.2) is 0 Å². The van der Waals surface area contributed by atoms with Crippen molar-refractivity contribution in [2.75, 3.05) is 118 Å². The molecule has 0 rings (SSSR count). The van der Waals surface area contributed by atoms with Crippen molar-refractivity contribution in [1.29, 1.82) is 0 Å². The van der Waals surface area contributed by atoms with Crippen LogP contribution in [0, 0.1) is 0 Å². The summed E-state index contributed by atoms with van der Waals surface area (Å²) >= 11 is 0. The maximum atomic E-state index is 10.4. The summed E-state index contributed by atoms with van der Waals surface area (Å²) in [6.45, 7) is -9.75. The number of carbonyl (C=O) groups excluding carboxylic acids is 12. The Morgan fingerprint density at radius 1 is 0.200 bits per heavy atom. The third-order valence-electron chi connectivity index (χ3n) is 6.43. The number of rotatable bonds is 33. The number of carbonyl (C=O) groups is 12. The van der Waals surface area contributed by atoms with E-state index in [0.717, 1.165) is 29.4 Å². The number of nitrogens with zero attached hydrogens (tertiary/aromatic N) is 6. The number of carboxylic acids is 12. The van der Waals surface area contributed by atoms with Crippen molar-refractivity contribution in [2.45, 2.75) is 0 Å². The standard InChI is InChI=1S/3C10H16N2O8.4Fe.H3N/c3*13-7(14)3-11(4-8(15)16)1-2-12(5-9(17)18)6-10(19)20;;;;;/h3*1-6H2,(H,13,14)(H,15,16)(H,17,18)(H,19,20);;;;;1H3/q;;;4*+3;/p-12. The van der Waals surface area contributed by atoms with E-state index in [0.29, 0.717) is 0 Å². The molecule has 0 atom stereocenters. The average Bonchev–Trinajstić information content (AvgIpc) is 3.02. The monoisotopic (exact) mass is 1100 g/mol. The Morgan fingerprint density at radius 2 is 0.262 bits per heavy atom. The predicted molar refractivity (Wildman–Crippen MR) is 164 cm³/mol. The summed E-state index contributed by atoms with van der Waals surface area (Å²) in [6, 6.07) is 0. The van der Waals surface area contributed by atoms with Gasteiger partial charge in [0.05, 0.1) is 71.6 Å². The summed E-state index contributed by atoms with van der Waals surface area (Å²) in [6.07, 6.45) is 0. The summed E-state index contributed by atoms with van der Waals surface area (Å²) < 4.78 is 0. The first kappa shape index (κ1) is 77.7. The molecule has 35 heteroatoms. The molecule has 0 aliphatic carbocycles. The van der Waals surface area contributed by atoms with Gasteiger partial charge in [-0.2, -0.15) is 0 Å². The van der Waals surface area contributed by atoms with Crippen LogP contribution in [0.3, 0.4) is 0 Å². The molecule has 4 radical (unpaired) electrons. The van der Waals surface area contributed by atoms with E-state index in [1.165, 1.54) is 0 Å². The van der Waals surface area contributed by atoms with Crippen LogP contribution >= 0.6 is 0 Å². The molecule has 0 heterocycles. The zero-order valence-corrected chi connectivity index (χ0v) is 37.7. The topological polar surface area (TPSA) is 536 Å². The summed E-state index contributed by atoms with van der Waals surface area (Å²) in [5, 5.41) is 125. The Balaban J connectivity index is -0.000000120. The minimum atomic E-state index is -1.53. The molecule has 370 valence electrons. The molecule has 0 saturated carbocycles. The van der Waals surface area contributed by atoms with Gasteiger partial charge in [0.25, 0.3) is 0 Å². The third-order valence-corrected chi connectivity index (χ3v) is 6.43. The Hall–Kier alpha value is -4.56. The molecule has 0 aliphatic heterocycles. The van der Waals surface area contributed by atoms with Crippen molar-refractivity contribution in [3.05, 3.63) is 0 Å². The van der Waals surface area contributed by atoms with Gasteiger partial charge < -0.3 is 125 Å². The van der Waals surface area contributed by atoms with E-state index in [2.05, 4.69) is 0 Å². The Bertz CT molecular complexity index is 1140. The number of carboxylic acid groups (broad SMARTS) is 12. The van der Waals surface area contributed by atoms with Gasteiger partial charge in [-0.1, -0.05) is 0 Å². The largest absolute Gasteiger partial charge is 3.00 e. The smallest absolute Gasteiger partial charge is 0.549 e. The summed E-state index contributed by atoms with van der Waals surface area (Å²) in [5.74, 6) is -18.4. The zero-order chi connectivity index (χ0) is 47.1. The van der Waals surface area contributed by atoms with E-state index < -0.39 is 150 Å². The molecule has 31 nitrogen and oxygen atoms in total. The molecular formula is C30H39Fe4N7O24. The van der Waals surface area contributed by atoms with E-state index >= 15 is 0 Å². The molecule has 65 heavy (non-hydrogen) atoms. The van der Waals surface area contributed by atoms with Crippen molar-refractivity contribution < 1.29 is 187 Å². The second-order valence-corrected chi connectivity index (χ2v) is 11.7. The SMILES string of the molecule is N.O=C([O-])CN(CCN(CC(=O)[O-])CC(=O)[O-])CC(=O)[O-].O=C([O-])CN(CCN(CC(=O)[O-])CC(=O)[O-])CC(=O)[O-].O=C([O-])CN(CCN(CC(=O)[O-])CC(=O)[O-])CC(=O)[O-].[Fe+3].[Fe+3].[Fe+3].[Fe+3]. The van der Waals surface area contributed by atoms with Crippen molar-refractivity contribution in [2.24, 2.45) is 0 Å². The van der Waals surface area contributed by atoms with E-state index in [-0.39, 0.29) is 114 Å². The second kappa shape index (κ2) is 44.6. The van der Waals surface area contributed by atoms with E-state index in [1.54, 1.807) is 0 Å². The molecule has 0 aromatic carbocycles. The third kappa shape index (κ3) is 57.4. The predicted octanol–water partition coefficient (Wildman–Crippen LogP) is -22.1. The number of hydrogen-bond donors (Lipinski definition) is 1. The van der Waals surface area contributed by atoms with Gasteiger partial charge in [0.1, 0.15) is 0 Å². The van der Waals surface area contributed by atoms with Crippen LogP contribution in [-0.4, -0.2) is 219 Å². The zero-order valence-electron chi connectivity index (χ0n) is 33.3. The Kier molecular flexibility index (Phi) is 53.3. The van der Waals surface area contributed by atoms with Crippen LogP contribution in [0.1, 0.15) is 0 Å². The first-order valence-electron chi connectivity index (χ1n) is 16.3. The van der Waals surface area contributed by atoms with Gasteiger partial charge in [-0.3, -0.25) is 29.4 Å². The van der Waals surface area contributed by atoms with Crippen molar-refractivity contribution in [1.82, 2.24) is 35.6 Å². The Morgan fingerprint density at radius 3 is 0.308 bits per heavy atom. The molecule has 0 bridgehead atoms. The van der Waals surface area contributed by atoms with E-state index in [4.69, 9.17) is 0 Å². The van der Waals surface area contributed by atoms with Crippen LogP contribution < -0.4 is 67.4 Å². The van der Waals surface area contributed by atoms with Crippen LogP contribution in [0.5, 0.6) is 0 Å². The molecule has 0 aliphatic rings. The second-order valence-electron chi connectivity index (χ2n) is 11.7. The first-order chi connectivity index (χ1) is 27.6. The first-order valence-corrected chi connectivity index (χ1v) is 16.3. The van der Waals surface area contributed by atoms with Gasteiger partial charge in [-0.25, -0.2) is 0 Å². The van der Waals surface area contributed by atoms with Gasteiger partial charge in [-0.15, -0.1) is 0 Å². The van der Waals surface area contributed by atoms with Crippen LogP contribution in [0.2, 0.25) is 0 Å². The van der Waals surface area contributed by atoms with E-state index in [9.17, 15) is 119 Å². The molecule has 0 saturated heterocycles. The minimum absolute atomic E-state index is 0. The Labute approximate surface area is 410 Å².